The molecule has 0 aliphatic carbocycles. The lowest BCUT2D eigenvalue weighted by atomic mass is 10.1. The topological polar surface area (TPSA) is 38.9 Å². The molecule has 0 aliphatic heterocycles. The van der Waals surface area contributed by atoms with Crippen LogP contribution in [-0.2, 0) is 0 Å². The zero-order valence-electron chi connectivity index (χ0n) is 10.1. The van der Waals surface area contributed by atoms with Crippen LogP contribution in [0.5, 0.6) is 0 Å². The molecule has 90 valence electrons. The van der Waals surface area contributed by atoms with Crippen molar-refractivity contribution in [2.75, 3.05) is 0 Å². The van der Waals surface area contributed by atoms with E-state index < -0.39 is 0 Å². The summed E-state index contributed by atoms with van der Waals surface area (Å²) >= 11 is 0. The molecule has 2 aromatic heterocycles. The third kappa shape index (κ3) is 1.67. The molecule has 19 heavy (non-hydrogen) atoms. The Kier molecular flexibility index (Phi) is 2.12. The van der Waals surface area contributed by atoms with E-state index in [2.05, 4.69) is 9.97 Å². The fourth-order valence-corrected chi connectivity index (χ4v) is 2.24. The van der Waals surface area contributed by atoms with Crippen LogP contribution in [-0.4, -0.2) is 9.97 Å². The van der Waals surface area contributed by atoms with Gasteiger partial charge in [0.15, 0.2) is 0 Å². The lowest BCUT2D eigenvalue weighted by Gasteiger charge is -1.99. The minimum absolute atomic E-state index is 0.855. The number of fused-ring (bicyclic) bond motifs is 2. The van der Waals surface area contributed by atoms with Crippen LogP contribution in [0.1, 0.15) is 0 Å². The third-order valence-corrected chi connectivity index (χ3v) is 3.18. The van der Waals surface area contributed by atoms with E-state index >= 15 is 0 Å². The van der Waals surface area contributed by atoms with E-state index in [1.54, 1.807) is 12.4 Å². The largest absolute Gasteiger partial charge is 0.456 e. The Hall–Kier alpha value is -2.68. The Labute approximate surface area is 109 Å². The molecule has 0 radical (unpaired) electrons. The van der Waals surface area contributed by atoms with Gasteiger partial charge >= 0.3 is 0 Å². The predicted octanol–water partition coefficient (Wildman–Crippen LogP) is 4.04. The first-order valence-electron chi connectivity index (χ1n) is 6.10. The zero-order chi connectivity index (χ0) is 12.7. The number of hydrogen-bond donors (Lipinski definition) is 0. The summed E-state index contributed by atoms with van der Waals surface area (Å²) in [6.07, 6.45) is 3.40. The van der Waals surface area contributed by atoms with Crippen LogP contribution in [0, 0.1) is 0 Å². The van der Waals surface area contributed by atoms with Crippen LogP contribution < -0.4 is 0 Å². The van der Waals surface area contributed by atoms with Gasteiger partial charge in [-0.05, 0) is 30.3 Å². The highest BCUT2D eigenvalue weighted by atomic mass is 16.3. The minimum atomic E-state index is 0.855. The first-order valence-corrected chi connectivity index (χ1v) is 6.10. The molecular weight excluding hydrogens is 236 g/mol. The standard InChI is InChI=1S/C16H10N2O/c1-2-4-15-11(3-1)10-16(19-15)12-5-6-13-14(9-12)18-8-7-17-13/h1-10H. The van der Waals surface area contributed by atoms with Crippen molar-refractivity contribution in [2.45, 2.75) is 0 Å². The van der Waals surface area contributed by atoms with Crippen LogP contribution >= 0.6 is 0 Å². The van der Waals surface area contributed by atoms with Crippen molar-refractivity contribution in [3.8, 4) is 11.3 Å². The molecule has 4 aromatic rings. The van der Waals surface area contributed by atoms with E-state index in [1.165, 1.54) is 0 Å². The molecule has 0 unspecified atom stereocenters. The fourth-order valence-electron chi connectivity index (χ4n) is 2.24. The maximum absolute atomic E-state index is 5.85. The van der Waals surface area contributed by atoms with E-state index in [9.17, 15) is 0 Å². The molecule has 4 rings (SSSR count). The van der Waals surface area contributed by atoms with Crippen molar-refractivity contribution in [3.63, 3.8) is 0 Å². The van der Waals surface area contributed by atoms with Crippen LogP contribution in [0.3, 0.4) is 0 Å². The smallest absolute Gasteiger partial charge is 0.135 e. The maximum atomic E-state index is 5.85. The predicted molar refractivity (Wildman–Crippen MR) is 74.7 cm³/mol. The van der Waals surface area contributed by atoms with Gasteiger partial charge in [0, 0.05) is 23.3 Å². The van der Waals surface area contributed by atoms with Crippen molar-refractivity contribution in [2.24, 2.45) is 0 Å². The molecule has 0 saturated carbocycles. The van der Waals surface area contributed by atoms with E-state index in [1.807, 2.05) is 48.5 Å². The molecule has 0 bridgehead atoms. The molecule has 2 aromatic carbocycles. The summed E-state index contributed by atoms with van der Waals surface area (Å²) in [6.45, 7) is 0. The van der Waals surface area contributed by atoms with Gasteiger partial charge in [0.2, 0.25) is 0 Å². The van der Waals surface area contributed by atoms with Crippen molar-refractivity contribution in [3.05, 3.63) is 60.9 Å². The Morgan fingerprint density at radius 1 is 0.789 bits per heavy atom. The van der Waals surface area contributed by atoms with Gasteiger partial charge in [-0.15, -0.1) is 0 Å². The van der Waals surface area contributed by atoms with E-state index in [4.69, 9.17) is 4.42 Å². The second-order valence-corrected chi connectivity index (χ2v) is 4.41. The highest BCUT2D eigenvalue weighted by Crippen LogP contribution is 2.28. The summed E-state index contributed by atoms with van der Waals surface area (Å²) in [4.78, 5) is 8.58. The maximum Gasteiger partial charge on any atom is 0.135 e. The fraction of sp³-hybridized carbons (Fsp3) is 0. The molecule has 0 amide bonds. The van der Waals surface area contributed by atoms with Crippen LogP contribution in [0.25, 0.3) is 33.3 Å². The monoisotopic (exact) mass is 246 g/mol. The quantitative estimate of drug-likeness (QED) is 0.508. The molecule has 3 heteroatoms. The van der Waals surface area contributed by atoms with Gasteiger partial charge in [-0.3, -0.25) is 9.97 Å². The molecule has 0 N–H and O–H groups in total. The molecule has 0 spiro atoms. The number of rotatable bonds is 1. The summed E-state index contributed by atoms with van der Waals surface area (Å²) < 4.78 is 5.85. The van der Waals surface area contributed by atoms with Crippen molar-refractivity contribution in [1.82, 2.24) is 9.97 Å². The third-order valence-electron chi connectivity index (χ3n) is 3.18. The molecule has 0 fully saturated rings. The number of aromatic nitrogens is 2. The van der Waals surface area contributed by atoms with Gasteiger partial charge in [-0.1, -0.05) is 18.2 Å². The molecule has 2 heterocycles. The Morgan fingerprint density at radius 3 is 2.53 bits per heavy atom. The number of benzene rings is 2. The average Bonchev–Trinajstić information content (AvgIpc) is 2.90. The van der Waals surface area contributed by atoms with Crippen LogP contribution in [0.4, 0.5) is 0 Å². The Morgan fingerprint density at radius 2 is 1.63 bits per heavy atom. The molecule has 0 saturated heterocycles. The normalized spacial score (nSPS) is 11.2. The number of furan rings is 1. The summed E-state index contributed by atoms with van der Waals surface area (Å²) in [5.74, 6) is 0.855. The van der Waals surface area contributed by atoms with E-state index in [0.717, 1.165) is 33.3 Å². The molecule has 0 atom stereocenters. The first kappa shape index (κ1) is 10.3. The average molecular weight is 246 g/mol. The van der Waals surface area contributed by atoms with E-state index in [-0.39, 0.29) is 0 Å². The number of para-hydroxylation sites is 1. The second kappa shape index (κ2) is 3.92. The summed E-state index contributed by atoms with van der Waals surface area (Å²) in [6, 6.07) is 16.0. The van der Waals surface area contributed by atoms with Crippen molar-refractivity contribution >= 4 is 22.0 Å². The summed E-state index contributed by atoms with van der Waals surface area (Å²) in [7, 11) is 0. The van der Waals surface area contributed by atoms with Gasteiger partial charge < -0.3 is 4.42 Å². The molecular formula is C16H10N2O. The van der Waals surface area contributed by atoms with Gasteiger partial charge in [0.25, 0.3) is 0 Å². The minimum Gasteiger partial charge on any atom is -0.456 e. The molecule has 3 nitrogen and oxygen atoms in total. The Bertz CT molecular complexity index is 847. The van der Waals surface area contributed by atoms with Crippen LogP contribution in [0.15, 0.2) is 65.3 Å². The highest BCUT2D eigenvalue weighted by molar-refractivity contribution is 5.85. The Balaban J connectivity index is 1.93. The highest BCUT2D eigenvalue weighted by Gasteiger charge is 2.06. The van der Waals surface area contributed by atoms with Crippen molar-refractivity contribution in [1.29, 1.82) is 0 Å². The SMILES string of the molecule is c1ccc2oc(-c3ccc4nccnc4c3)cc2c1. The summed E-state index contributed by atoms with van der Waals surface area (Å²) in [5, 5.41) is 1.11. The zero-order valence-corrected chi connectivity index (χ0v) is 10.1. The van der Waals surface area contributed by atoms with E-state index in [0.29, 0.717) is 0 Å². The lowest BCUT2D eigenvalue weighted by Crippen LogP contribution is -1.82. The van der Waals surface area contributed by atoms with Crippen molar-refractivity contribution < 1.29 is 4.42 Å². The van der Waals surface area contributed by atoms with Crippen LogP contribution in [0.2, 0.25) is 0 Å². The van der Waals surface area contributed by atoms with Gasteiger partial charge in [0.05, 0.1) is 11.0 Å². The van der Waals surface area contributed by atoms with Gasteiger partial charge in [-0.25, -0.2) is 0 Å². The summed E-state index contributed by atoms with van der Waals surface area (Å²) in [5.41, 5.74) is 3.68. The second-order valence-electron chi connectivity index (χ2n) is 4.41. The van der Waals surface area contributed by atoms with Gasteiger partial charge in [-0.2, -0.15) is 0 Å². The number of hydrogen-bond acceptors (Lipinski definition) is 3. The number of nitrogens with zero attached hydrogens (tertiary/aromatic N) is 2. The van der Waals surface area contributed by atoms with Gasteiger partial charge in [0.1, 0.15) is 11.3 Å². The first-order chi connectivity index (χ1) is 9.40. The molecule has 0 aliphatic rings. The lowest BCUT2D eigenvalue weighted by molar-refractivity contribution is 0.631.